The number of nitrogens with zero attached hydrogens (tertiary/aromatic N) is 4. The predicted octanol–water partition coefficient (Wildman–Crippen LogP) is 2.22. The second-order valence-corrected chi connectivity index (χ2v) is 5.20. The molecule has 4 aromatic rings. The number of benzene rings is 1. The second kappa shape index (κ2) is 4.09. The van der Waals surface area contributed by atoms with E-state index in [4.69, 9.17) is 0 Å². The van der Waals surface area contributed by atoms with Gasteiger partial charge < -0.3 is 4.57 Å². The topological polar surface area (TPSA) is 44.8 Å². The quantitative estimate of drug-likeness (QED) is 0.536. The van der Waals surface area contributed by atoms with Crippen LogP contribution in [0.4, 0.5) is 0 Å². The molecule has 3 heterocycles. The Morgan fingerprint density at radius 3 is 2.62 bits per heavy atom. The molecule has 0 amide bonds. The summed E-state index contributed by atoms with van der Waals surface area (Å²) in [5, 5.41) is 1.02. The number of rotatable bonds is 1. The maximum absolute atomic E-state index is 12.5. The Balaban J connectivity index is 2.08. The number of pyridine rings is 1. The van der Waals surface area contributed by atoms with Crippen LogP contribution in [-0.4, -0.2) is 18.7 Å². The van der Waals surface area contributed by atoms with Gasteiger partial charge in [-0.05, 0) is 24.3 Å². The van der Waals surface area contributed by atoms with Gasteiger partial charge in [-0.1, -0.05) is 12.1 Å². The Bertz CT molecular complexity index is 1040. The molecule has 0 aliphatic rings. The molecule has 0 atom stereocenters. The van der Waals surface area contributed by atoms with E-state index in [1.54, 1.807) is 22.4 Å². The van der Waals surface area contributed by atoms with Gasteiger partial charge in [0.25, 0.3) is 0 Å². The van der Waals surface area contributed by atoms with Gasteiger partial charge in [0, 0.05) is 25.7 Å². The van der Waals surface area contributed by atoms with Gasteiger partial charge in [-0.25, -0.2) is 9.78 Å². The first-order valence-corrected chi connectivity index (χ1v) is 6.75. The fourth-order valence-corrected chi connectivity index (χ4v) is 2.81. The van der Waals surface area contributed by atoms with Crippen molar-refractivity contribution in [1.29, 1.82) is 0 Å². The van der Waals surface area contributed by atoms with Gasteiger partial charge in [-0.15, -0.1) is 0 Å². The molecule has 0 aliphatic carbocycles. The fourth-order valence-electron chi connectivity index (χ4n) is 2.81. The van der Waals surface area contributed by atoms with Gasteiger partial charge in [0.05, 0.1) is 22.9 Å². The summed E-state index contributed by atoms with van der Waals surface area (Å²) in [6.45, 7) is 0. The second-order valence-electron chi connectivity index (χ2n) is 5.20. The molecule has 0 spiro atoms. The minimum Gasteiger partial charge on any atom is -0.336 e. The van der Waals surface area contributed by atoms with Gasteiger partial charge in [0.2, 0.25) is 0 Å². The van der Waals surface area contributed by atoms with Crippen molar-refractivity contribution >= 4 is 22.1 Å². The lowest BCUT2D eigenvalue weighted by Crippen LogP contribution is -2.20. The summed E-state index contributed by atoms with van der Waals surface area (Å²) in [4.78, 5) is 17.0. The SMILES string of the molecule is Cn1ccc2cc(-n3c(=O)n(C)c4ccccc43)cnc21. The third-order valence-corrected chi connectivity index (χ3v) is 3.91. The third-order valence-electron chi connectivity index (χ3n) is 3.91. The van der Waals surface area contributed by atoms with Crippen molar-refractivity contribution in [2.24, 2.45) is 14.1 Å². The Kier molecular flexibility index (Phi) is 2.33. The molecule has 5 heteroatoms. The Morgan fingerprint density at radius 2 is 1.81 bits per heavy atom. The van der Waals surface area contributed by atoms with E-state index in [2.05, 4.69) is 4.98 Å². The zero-order chi connectivity index (χ0) is 14.6. The maximum Gasteiger partial charge on any atom is 0.333 e. The summed E-state index contributed by atoms with van der Waals surface area (Å²) in [6, 6.07) is 11.8. The predicted molar refractivity (Wildman–Crippen MR) is 82.8 cm³/mol. The summed E-state index contributed by atoms with van der Waals surface area (Å²) >= 11 is 0. The van der Waals surface area contributed by atoms with Crippen LogP contribution in [0.2, 0.25) is 0 Å². The van der Waals surface area contributed by atoms with E-state index in [0.717, 1.165) is 27.8 Å². The Labute approximate surface area is 120 Å². The molecule has 104 valence electrons. The van der Waals surface area contributed by atoms with Crippen LogP contribution in [0.5, 0.6) is 0 Å². The molecule has 0 N–H and O–H groups in total. The van der Waals surface area contributed by atoms with E-state index in [9.17, 15) is 4.79 Å². The normalized spacial score (nSPS) is 11.5. The third kappa shape index (κ3) is 1.57. The van der Waals surface area contributed by atoms with Gasteiger partial charge in [0.15, 0.2) is 0 Å². The molecule has 5 nitrogen and oxygen atoms in total. The van der Waals surface area contributed by atoms with E-state index in [1.807, 2.05) is 54.2 Å². The molecule has 3 aromatic heterocycles. The van der Waals surface area contributed by atoms with E-state index in [1.165, 1.54) is 0 Å². The largest absolute Gasteiger partial charge is 0.336 e. The first-order chi connectivity index (χ1) is 10.2. The summed E-state index contributed by atoms with van der Waals surface area (Å²) in [5.74, 6) is 0. The van der Waals surface area contributed by atoms with Crippen LogP contribution in [0.3, 0.4) is 0 Å². The number of imidazole rings is 1. The van der Waals surface area contributed by atoms with Gasteiger partial charge in [0.1, 0.15) is 5.65 Å². The molecular weight excluding hydrogens is 264 g/mol. The average Bonchev–Trinajstić information content (AvgIpc) is 2.99. The smallest absolute Gasteiger partial charge is 0.333 e. The molecule has 0 bridgehead atoms. The molecule has 0 aliphatic heterocycles. The maximum atomic E-state index is 12.5. The van der Waals surface area contributed by atoms with Crippen molar-refractivity contribution in [3.8, 4) is 5.69 Å². The van der Waals surface area contributed by atoms with Gasteiger partial charge >= 0.3 is 5.69 Å². The highest BCUT2D eigenvalue weighted by molar-refractivity contribution is 5.81. The van der Waals surface area contributed by atoms with Crippen molar-refractivity contribution in [2.75, 3.05) is 0 Å². The molecule has 21 heavy (non-hydrogen) atoms. The molecule has 0 unspecified atom stereocenters. The molecule has 0 radical (unpaired) electrons. The number of aryl methyl sites for hydroxylation is 2. The lowest BCUT2D eigenvalue weighted by Gasteiger charge is -2.03. The number of hydrogen-bond donors (Lipinski definition) is 0. The average molecular weight is 278 g/mol. The lowest BCUT2D eigenvalue weighted by molar-refractivity contribution is 0.844. The first kappa shape index (κ1) is 12.0. The molecule has 1 aromatic carbocycles. The highest BCUT2D eigenvalue weighted by Crippen LogP contribution is 2.20. The summed E-state index contributed by atoms with van der Waals surface area (Å²) in [7, 11) is 3.74. The van der Waals surface area contributed by atoms with Crippen molar-refractivity contribution in [3.05, 3.63) is 59.3 Å². The van der Waals surface area contributed by atoms with Crippen LogP contribution >= 0.6 is 0 Å². The zero-order valence-electron chi connectivity index (χ0n) is 11.8. The van der Waals surface area contributed by atoms with Crippen LogP contribution in [0, 0.1) is 0 Å². The number of para-hydroxylation sites is 2. The standard InChI is InChI=1S/C16H14N4O/c1-18-8-7-11-9-12(10-17-15(11)18)20-14-6-4-3-5-13(14)19(2)16(20)21/h3-10H,1-2H3. The van der Waals surface area contributed by atoms with Crippen molar-refractivity contribution in [1.82, 2.24) is 18.7 Å². The van der Waals surface area contributed by atoms with Gasteiger partial charge in [-0.3, -0.25) is 9.13 Å². The molecular formula is C16H14N4O. The van der Waals surface area contributed by atoms with Crippen molar-refractivity contribution in [2.45, 2.75) is 0 Å². The van der Waals surface area contributed by atoms with E-state index >= 15 is 0 Å². The summed E-state index contributed by atoms with van der Waals surface area (Å²) in [5.41, 5.74) is 3.44. The molecule has 0 saturated carbocycles. The van der Waals surface area contributed by atoms with Gasteiger partial charge in [-0.2, -0.15) is 0 Å². The molecule has 0 saturated heterocycles. The first-order valence-electron chi connectivity index (χ1n) is 6.75. The van der Waals surface area contributed by atoms with Crippen molar-refractivity contribution in [3.63, 3.8) is 0 Å². The van der Waals surface area contributed by atoms with Crippen LogP contribution in [0.25, 0.3) is 27.8 Å². The summed E-state index contributed by atoms with van der Waals surface area (Å²) < 4.78 is 5.32. The van der Waals surface area contributed by atoms with Crippen LogP contribution in [0.15, 0.2) is 53.6 Å². The fraction of sp³-hybridized carbons (Fsp3) is 0.125. The van der Waals surface area contributed by atoms with Crippen molar-refractivity contribution < 1.29 is 0 Å². The minimum absolute atomic E-state index is 0.0618. The minimum atomic E-state index is -0.0618. The Hall–Kier alpha value is -2.82. The van der Waals surface area contributed by atoms with E-state index in [-0.39, 0.29) is 5.69 Å². The number of aromatic nitrogens is 4. The monoisotopic (exact) mass is 278 g/mol. The van der Waals surface area contributed by atoms with E-state index in [0.29, 0.717) is 0 Å². The van der Waals surface area contributed by atoms with Crippen LogP contribution < -0.4 is 5.69 Å². The highest BCUT2D eigenvalue weighted by atomic mass is 16.1. The van der Waals surface area contributed by atoms with Crippen LogP contribution in [0.1, 0.15) is 0 Å². The summed E-state index contributed by atoms with van der Waals surface area (Å²) in [6.07, 6.45) is 3.71. The van der Waals surface area contributed by atoms with Crippen LogP contribution in [-0.2, 0) is 14.1 Å². The number of hydrogen-bond acceptors (Lipinski definition) is 2. The molecule has 0 fully saturated rings. The number of fused-ring (bicyclic) bond motifs is 2. The zero-order valence-corrected chi connectivity index (χ0v) is 11.8. The van der Waals surface area contributed by atoms with E-state index < -0.39 is 0 Å². The molecule has 4 rings (SSSR count). The highest BCUT2D eigenvalue weighted by Gasteiger charge is 2.12. The lowest BCUT2D eigenvalue weighted by atomic mass is 10.3. The Morgan fingerprint density at radius 1 is 1.05 bits per heavy atom.